The van der Waals surface area contributed by atoms with Gasteiger partial charge in [0.1, 0.15) is 0 Å². The molecular weight excluding hydrogens is 372 g/mol. The molecule has 0 bridgehead atoms. The first kappa shape index (κ1) is 19.8. The standard InChI is InChI=1S/C26H24N2O2/c1-18-13-15-21(16-14-18)26(22-9-5-10-23(17-22)28(29)30)27-19(2)24-12-6-8-20-7-3-4-11-25(20)24/h3-17,19,26-27H,1-2H3/t19-,26?/m1/s1. The number of nitro groups is 1. The highest BCUT2D eigenvalue weighted by molar-refractivity contribution is 5.86. The van der Waals surface area contributed by atoms with Crippen LogP contribution in [0.5, 0.6) is 0 Å². The topological polar surface area (TPSA) is 55.2 Å². The molecule has 1 unspecified atom stereocenters. The van der Waals surface area contributed by atoms with E-state index in [9.17, 15) is 10.1 Å². The van der Waals surface area contributed by atoms with E-state index in [1.807, 2.05) is 12.1 Å². The van der Waals surface area contributed by atoms with Crippen molar-refractivity contribution >= 4 is 16.5 Å². The molecule has 4 aromatic carbocycles. The van der Waals surface area contributed by atoms with E-state index in [0.717, 1.165) is 11.1 Å². The van der Waals surface area contributed by atoms with Gasteiger partial charge in [-0.2, -0.15) is 0 Å². The van der Waals surface area contributed by atoms with Crippen molar-refractivity contribution in [1.29, 1.82) is 0 Å². The molecule has 0 aromatic heterocycles. The van der Waals surface area contributed by atoms with Crippen LogP contribution in [0.25, 0.3) is 10.8 Å². The van der Waals surface area contributed by atoms with Gasteiger partial charge < -0.3 is 0 Å². The number of nitrogens with one attached hydrogen (secondary N) is 1. The van der Waals surface area contributed by atoms with Crippen molar-refractivity contribution in [2.75, 3.05) is 0 Å². The summed E-state index contributed by atoms with van der Waals surface area (Å²) in [7, 11) is 0. The highest BCUT2D eigenvalue weighted by Gasteiger charge is 2.20. The van der Waals surface area contributed by atoms with Crippen molar-refractivity contribution in [3.05, 3.63) is 123 Å². The Hall–Kier alpha value is -3.50. The number of nitrogens with zero attached hydrogens (tertiary/aromatic N) is 1. The van der Waals surface area contributed by atoms with Crippen molar-refractivity contribution in [2.45, 2.75) is 25.9 Å². The lowest BCUT2D eigenvalue weighted by atomic mass is 9.94. The van der Waals surface area contributed by atoms with Gasteiger partial charge in [-0.15, -0.1) is 0 Å². The Balaban J connectivity index is 1.75. The first-order valence-corrected chi connectivity index (χ1v) is 10.1. The van der Waals surface area contributed by atoms with Crippen LogP contribution in [0.2, 0.25) is 0 Å². The van der Waals surface area contributed by atoms with Gasteiger partial charge >= 0.3 is 0 Å². The molecule has 0 spiro atoms. The van der Waals surface area contributed by atoms with Gasteiger partial charge in [0.05, 0.1) is 11.0 Å². The average Bonchev–Trinajstić information content (AvgIpc) is 2.77. The number of non-ortho nitro benzene ring substituents is 1. The zero-order valence-corrected chi connectivity index (χ0v) is 17.1. The van der Waals surface area contributed by atoms with Gasteiger partial charge in [-0.1, -0.05) is 84.4 Å². The molecule has 4 aromatic rings. The second-order valence-electron chi connectivity index (χ2n) is 7.65. The summed E-state index contributed by atoms with van der Waals surface area (Å²) in [5.74, 6) is 0. The van der Waals surface area contributed by atoms with Crippen LogP contribution in [0.4, 0.5) is 5.69 Å². The van der Waals surface area contributed by atoms with Crippen molar-refractivity contribution in [2.24, 2.45) is 0 Å². The minimum Gasteiger partial charge on any atom is -0.300 e. The van der Waals surface area contributed by atoms with E-state index in [1.54, 1.807) is 12.1 Å². The summed E-state index contributed by atoms with van der Waals surface area (Å²) in [6, 6.07) is 29.8. The van der Waals surface area contributed by atoms with Crippen LogP contribution in [-0.2, 0) is 0 Å². The van der Waals surface area contributed by atoms with Crippen LogP contribution in [0, 0.1) is 17.0 Å². The summed E-state index contributed by atoms with van der Waals surface area (Å²) in [5.41, 5.74) is 4.44. The van der Waals surface area contributed by atoms with E-state index in [-0.39, 0.29) is 22.7 Å². The molecule has 4 rings (SSSR count). The van der Waals surface area contributed by atoms with Gasteiger partial charge in [0.25, 0.3) is 5.69 Å². The van der Waals surface area contributed by atoms with E-state index in [2.05, 4.69) is 79.8 Å². The summed E-state index contributed by atoms with van der Waals surface area (Å²) >= 11 is 0. The maximum atomic E-state index is 11.3. The molecule has 30 heavy (non-hydrogen) atoms. The third kappa shape index (κ3) is 4.09. The SMILES string of the molecule is Cc1ccc(C(N[C@H](C)c2cccc3ccccc23)c2cccc([N+](=O)[O-])c2)cc1. The molecule has 0 aliphatic carbocycles. The Kier molecular flexibility index (Phi) is 5.59. The van der Waals surface area contributed by atoms with Gasteiger partial charge in [0, 0.05) is 18.2 Å². The number of aryl methyl sites for hydroxylation is 1. The largest absolute Gasteiger partial charge is 0.300 e. The molecule has 150 valence electrons. The molecule has 0 amide bonds. The Morgan fingerprint density at radius 2 is 1.53 bits per heavy atom. The fraction of sp³-hybridized carbons (Fsp3) is 0.154. The van der Waals surface area contributed by atoms with Gasteiger partial charge in [-0.25, -0.2) is 0 Å². The zero-order valence-electron chi connectivity index (χ0n) is 17.1. The fourth-order valence-corrected chi connectivity index (χ4v) is 3.93. The van der Waals surface area contributed by atoms with E-state index in [0.29, 0.717) is 0 Å². The molecular formula is C26H24N2O2. The normalized spacial score (nSPS) is 13.1. The first-order chi connectivity index (χ1) is 14.5. The number of fused-ring (bicyclic) bond motifs is 1. The molecule has 0 heterocycles. The van der Waals surface area contributed by atoms with Crippen LogP contribution >= 0.6 is 0 Å². The smallest absolute Gasteiger partial charge is 0.269 e. The first-order valence-electron chi connectivity index (χ1n) is 10.1. The summed E-state index contributed by atoms with van der Waals surface area (Å²) in [6.45, 7) is 4.19. The second-order valence-corrected chi connectivity index (χ2v) is 7.65. The lowest BCUT2D eigenvalue weighted by molar-refractivity contribution is -0.384. The van der Waals surface area contributed by atoms with Crippen molar-refractivity contribution in [1.82, 2.24) is 5.32 Å². The Morgan fingerprint density at radius 3 is 2.30 bits per heavy atom. The minimum atomic E-state index is -0.343. The number of hydrogen-bond donors (Lipinski definition) is 1. The Bertz CT molecular complexity index is 1180. The van der Waals surface area contributed by atoms with Crippen LogP contribution in [0.3, 0.4) is 0 Å². The van der Waals surface area contributed by atoms with E-state index >= 15 is 0 Å². The molecule has 0 saturated heterocycles. The number of rotatable bonds is 6. The highest BCUT2D eigenvalue weighted by Crippen LogP contribution is 2.31. The molecule has 0 aliphatic heterocycles. The minimum absolute atomic E-state index is 0.0432. The number of hydrogen-bond acceptors (Lipinski definition) is 3. The van der Waals surface area contributed by atoms with Gasteiger partial charge in [-0.3, -0.25) is 15.4 Å². The molecule has 4 nitrogen and oxygen atoms in total. The van der Waals surface area contributed by atoms with Crippen molar-refractivity contribution in [3.63, 3.8) is 0 Å². The van der Waals surface area contributed by atoms with Crippen LogP contribution in [-0.4, -0.2) is 4.92 Å². The molecule has 0 saturated carbocycles. The fourth-order valence-electron chi connectivity index (χ4n) is 3.93. The van der Waals surface area contributed by atoms with Gasteiger partial charge in [-0.05, 0) is 41.3 Å². The number of benzene rings is 4. The molecule has 0 aliphatic rings. The second kappa shape index (κ2) is 8.47. The summed E-state index contributed by atoms with van der Waals surface area (Å²) in [5, 5.41) is 17.5. The third-order valence-electron chi connectivity index (χ3n) is 5.53. The van der Waals surface area contributed by atoms with Crippen LogP contribution < -0.4 is 5.32 Å². The monoisotopic (exact) mass is 396 g/mol. The average molecular weight is 396 g/mol. The predicted molar refractivity (Wildman–Crippen MR) is 122 cm³/mol. The molecule has 1 N–H and O–H groups in total. The highest BCUT2D eigenvalue weighted by atomic mass is 16.6. The van der Waals surface area contributed by atoms with Crippen molar-refractivity contribution in [3.8, 4) is 0 Å². The molecule has 4 heteroatoms. The van der Waals surface area contributed by atoms with E-state index in [1.165, 1.54) is 28.0 Å². The van der Waals surface area contributed by atoms with Gasteiger partial charge in [0.2, 0.25) is 0 Å². The Labute approximate surface area is 176 Å². The van der Waals surface area contributed by atoms with Crippen molar-refractivity contribution < 1.29 is 4.92 Å². The summed E-state index contributed by atoms with van der Waals surface area (Å²) in [4.78, 5) is 11.0. The quantitative estimate of drug-likeness (QED) is 0.299. The van der Waals surface area contributed by atoms with Gasteiger partial charge in [0.15, 0.2) is 0 Å². The zero-order chi connectivity index (χ0) is 21.1. The van der Waals surface area contributed by atoms with E-state index < -0.39 is 0 Å². The summed E-state index contributed by atoms with van der Waals surface area (Å²) < 4.78 is 0. The maximum absolute atomic E-state index is 11.3. The molecule has 2 atom stereocenters. The lowest BCUT2D eigenvalue weighted by Gasteiger charge is -2.25. The molecule has 0 radical (unpaired) electrons. The van der Waals surface area contributed by atoms with Crippen LogP contribution in [0.15, 0.2) is 91.0 Å². The number of nitro benzene ring substituents is 1. The Morgan fingerprint density at radius 1 is 0.833 bits per heavy atom. The molecule has 0 fully saturated rings. The third-order valence-corrected chi connectivity index (χ3v) is 5.53. The predicted octanol–water partition coefficient (Wildman–Crippen LogP) is 6.50. The maximum Gasteiger partial charge on any atom is 0.269 e. The summed E-state index contributed by atoms with van der Waals surface area (Å²) in [6.07, 6.45) is 0. The van der Waals surface area contributed by atoms with E-state index in [4.69, 9.17) is 0 Å². The van der Waals surface area contributed by atoms with Crippen LogP contribution in [0.1, 0.15) is 41.3 Å². The lowest BCUT2D eigenvalue weighted by Crippen LogP contribution is -2.26.